The highest BCUT2D eigenvalue weighted by molar-refractivity contribution is 7.99. The zero-order valence-corrected chi connectivity index (χ0v) is 20.2. The Morgan fingerprint density at radius 2 is 1.57 bits per heavy atom. The highest BCUT2D eigenvalue weighted by Gasteiger charge is 2.31. The summed E-state index contributed by atoms with van der Waals surface area (Å²) >= 11 is 1.38. The first-order valence-electron chi connectivity index (χ1n) is 11.9. The van der Waals surface area contributed by atoms with Crippen LogP contribution in [0, 0.1) is 5.82 Å². The Balaban J connectivity index is 1.31. The van der Waals surface area contributed by atoms with E-state index >= 15 is 0 Å². The third-order valence-corrected chi connectivity index (χ3v) is 7.03. The molecule has 1 aliphatic rings. The highest BCUT2D eigenvalue weighted by Crippen LogP contribution is 2.41. The molecule has 35 heavy (non-hydrogen) atoms. The maximum atomic E-state index is 14.5. The zero-order chi connectivity index (χ0) is 24.0. The Morgan fingerprint density at radius 1 is 0.914 bits per heavy atom. The van der Waals surface area contributed by atoms with Gasteiger partial charge in [0.15, 0.2) is 11.0 Å². The van der Waals surface area contributed by atoms with E-state index in [1.807, 2.05) is 58.0 Å². The molecule has 0 unspecified atom stereocenters. The van der Waals surface area contributed by atoms with Crippen molar-refractivity contribution in [3.8, 4) is 11.4 Å². The Bertz CT molecular complexity index is 1270. The van der Waals surface area contributed by atoms with Gasteiger partial charge in [0.1, 0.15) is 5.82 Å². The molecule has 0 spiro atoms. The third kappa shape index (κ3) is 5.80. The van der Waals surface area contributed by atoms with Crippen LogP contribution in [0.25, 0.3) is 11.4 Å². The number of carbonyl (C=O) groups excluding carboxylic acids is 1. The van der Waals surface area contributed by atoms with E-state index in [9.17, 15) is 9.18 Å². The Morgan fingerprint density at radius 3 is 2.26 bits per heavy atom. The van der Waals surface area contributed by atoms with Gasteiger partial charge in [-0.25, -0.2) is 4.39 Å². The van der Waals surface area contributed by atoms with Crippen molar-refractivity contribution < 1.29 is 9.18 Å². The van der Waals surface area contributed by atoms with Crippen LogP contribution < -0.4 is 0 Å². The van der Waals surface area contributed by atoms with Gasteiger partial charge in [0.25, 0.3) is 0 Å². The first-order chi connectivity index (χ1) is 17.2. The Hall–Kier alpha value is -3.45. The maximum absolute atomic E-state index is 14.5. The van der Waals surface area contributed by atoms with Gasteiger partial charge in [-0.2, -0.15) is 0 Å². The molecule has 1 aliphatic carbocycles. The summed E-state index contributed by atoms with van der Waals surface area (Å²) in [5, 5.41) is 9.31. The van der Waals surface area contributed by atoms with E-state index in [2.05, 4.69) is 22.3 Å². The Labute approximate surface area is 209 Å². The van der Waals surface area contributed by atoms with Gasteiger partial charge in [-0.05, 0) is 42.5 Å². The van der Waals surface area contributed by atoms with Crippen LogP contribution in [0.4, 0.5) is 4.39 Å². The maximum Gasteiger partial charge on any atom is 0.233 e. The number of thioether (sulfide) groups is 1. The van der Waals surface area contributed by atoms with Crippen LogP contribution >= 0.6 is 11.8 Å². The number of rotatable bonds is 10. The van der Waals surface area contributed by atoms with Crippen LogP contribution in [0.1, 0.15) is 30.0 Å². The minimum Gasteiger partial charge on any atom is -0.337 e. The van der Waals surface area contributed by atoms with Gasteiger partial charge in [-0.3, -0.25) is 9.36 Å². The molecule has 3 aromatic carbocycles. The van der Waals surface area contributed by atoms with Gasteiger partial charge in [0.05, 0.1) is 11.3 Å². The molecule has 0 saturated heterocycles. The molecule has 5 nitrogen and oxygen atoms in total. The van der Waals surface area contributed by atoms with Crippen LogP contribution in [-0.2, 0) is 17.8 Å². The number of halogens is 1. The van der Waals surface area contributed by atoms with Gasteiger partial charge in [0.2, 0.25) is 5.91 Å². The largest absolute Gasteiger partial charge is 0.337 e. The van der Waals surface area contributed by atoms with Crippen molar-refractivity contribution in [3.05, 3.63) is 102 Å². The van der Waals surface area contributed by atoms with Crippen LogP contribution in [0.2, 0.25) is 0 Å². The van der Waals surface area contributed by atoms with E-state index in [1.165, 1.54) is 23.4 Å². The number of amides is 1. The fourth-order valence-electron chi connectivity index (χ4n) is 4.09. The van der Waals surface area contributed by atoms with Gasteiger partial charge in [-0.1, -0.05) is 84.6 Å². The fourth-order valence-corrected chi connectivity index (χ4v) is 4.99. The number of nitrogens with zero attached hydrogens (tertiary/aromatic N) is 4. The second kappa shape index (κ2) is 10.9. The van der Waals surface area contributed by atoms with E-state index in [1.54, 1.807) is 18.2 Å². The molecule has 0 N–H and O–H groups in total. The second-order valence-electron chi connectivity index (χ2n) is 8.71. The first-order valence-corrected chi connectivity index (χ1v) is 12.9. The monoisotopic (exact) mass is 486 g/mol. The molecule has 7 heteroatoms. The number of carbonyl (C=O) groups is 1. The van der Waals surface area contributed by atoms with Crippen molar-refractivity contribution in [1.82, 2.24) is 19.7 Å². The molecular formula is C28H27FN4OS. The third-order valence-electron chi connectivity index (χ3n) is 6.10. The molecule has 1 amide bonds. The van der Waals surface area contributed by atoms with Crippen molar-refractivity contribution >= 4 is 17.7 Å². The highest BCUT2D eigenvalue weighted by atomic mass is 32.2. The lowest BCUT2D eigenvalue weighted by molar-refractivity contribution is -0.128. The second-order valence-corrected chi connectivity index (χ2v) is 9.65. The summed E-state index contributed by atoms with van der Waals surface area (Å²) in [5.74, 6) is 0.520. The van der Waals surface area contributed by atoms with Gasteiger partial charge < -0.3 is 4.90 Å². The Kier molecular flexibility index (Phi) is 7.23. The SMILES string of the molecule is O=C(CSc1nnc(-c2ccccc2F)n1C1CC1)N(CCc1ccccc1)Cc1ccccc1. The average molecular weight is 487 g/mol. The van der Waals surface area contributed by atoms with Crippen molar-refractivity contribution in [2.45, 2.75) is 37.0 Å². The van der Waals surface area contributed by atoms with E-state index in [0.717, 1.165) is 24.8 Å². The van der Waals surface area contributed by atoms with Crippen molar-refractivity contribution in [2.75, 3.05) is 12.3 Å². The van der Waals surface area contributed by atoms with Crippen LogP contribution in [0.15, 0.2) is 90.1 Å². The molecule has 1 fully saturated rings. The normalized spacial score (nSPS) is 13.1. The lowest BCUT2D eigenvalue weighted by Crippen LogP contribution is -2.34. The van der Waals surface area contributed by atoms with Gasteiger partial charge >= 0.3 is 0 Å². The van der Waals surface area contributed by atoms with Gasteiger partial charge in [-0.15, -0.1) is 10.2 Å². The van der Waals surface area contributed by atoms with Gasteiger partial charge in [0, 0.05) is 19.1 Å². The first kappa shape index (κ1) is 23.3. The van der Waals surface area contributed by atoms with E-state index in [-0.39, 0.29) is 23.5 Å². The molecular weight excluding hydrogens is 459 g/mol. The van der Waals surface area contributed by atoms with E-state index < -0.39 is 0 Å². The lowest BCUT2D eigenvalue weighted by atomic mass is 10.1. The summed E-state index contributed by atoms with van der Waals surface area (Å²) in [6, 6.07) is 27.1. The topological polar surface area (TPSA) is 51.0 Å². The quantitative estimate of drug-likeness (QED) is 0.267. The summed E-state index contributed by atoms with van der Waals surface area (Å²) in [6.45, 7) is 1.19. The molecule has 4 aromatic rings. The van der Waals surface area contributed by atoms with E-state index in [4.69, 9.17) is 0 Å². The minimum atomic E-state index is -0.315. The standard InChI is InChI=1S/C28H27FN4OS/c29-25-14-8-7-13-24(25)27-30-31-28(33(27)23-15-16-23)35-20-26(34)32(19-22-11-5-2-6-12-22)18-17-21-9-3-1-4-10-21/h1-14,23H,15-20H2. The summed E-state index contributed by atoms with van der Waals surface area (Å²) in [5.41, 5.74) is 2.74. The molecule has 178 valence electrons. The van der Waals surface area contributed by atoms with E-state index in [0.29, 0.717) is 29.6 Å². The number of hydrogen-bond donors (Lipinski definition) is 0. The average Bonchev–Trinajstić information content (AvgIpc) is 3.65. The lowest BCUT2D eigenvalue weighted by Gasteiger charge is -2.23. The molecule has 1 heterocycles. The van der Waals surface area contributed by atoms with Crippen molar-refractivity contribution in [2.24, 2.45) is 0 Å². The molecule has 0 radical (unpaired) electrons. The number of benzene rings is 3. The fraction of sp³-hybridized carbons (Fsp3) is 0.250. The smallest absolute Gasteiger partial charge is 0.233 e. The van der Waals surface area contributed by atoms with Crippen LogP contribution in [-0.4, -0.2) is 37.9 Å². The summed E-state index contributed by atoms with van der Waals surface area (Å²) in [6.07, 6.45) is 2.82. The number of hydrogen-bond acceptors (Lipinski definition) is 4. The molecule has 0 bridgehead atoms. The molecule has 5 rings (SSSR count). The van der Waals surface area contributed by atoms with Crippen molar-refractivity contribution in [3.63, 3.8) is 0 Å². The summed E-state index contributed by atoms with van der Waals surface area (Å²) in [4.78, 5) is 15.3. The van der Waals surface area contributed by atoms with Crippen LogP contribution in [0.3, 0.4) is 0 Å². The predicted octanol–water partition coefficient (Wildman–Crippen LogP) is 5.78. The van der Waals surface area contributed by atoms with Crippen LogP contribution in [0.5, 0.6) is 0 Å². The summed E-state index contributed by atoms with van der Waals surface area (Å²) in [7, 11) is 0. The zero-order valence-electron chi connectivity index (χ0n) is 19.4. The van der Waals surface area contributed by atoms with Crippen molar-refractivity contribution in [1.29, 1.82) is 0 Å². The predicted molar refractivity (Wildman–Crippen MR) is 136 cm³/mol. The molecule has 1 aromatic heterocycles. The minimum absolute atomic E-state index is 0.0487. The number of aromatic nitrogens is 3. The summed E-state index contributed by atoms with van der Waals surface area (Å²) < 4.78 is 16.5. The molecule has 0 aliphatic heterocycles. The molecule has 0 atom stereocenters. The molecule has 1 saturated carbocycles.